The van der Waals surface area contributed by atoms with Gasteiger partial charge < -0.3 is 19.5 Å². The standard InChI is InChI=1S/C27H27N3O4S/c1-29(2)17-6-9-20-23(14-17)34-24-15-18(30(3)4)7-10-21(24)25(20)19-8-5-16(13-22(19)27(32)33)26(31)28-11-12-35/h5-10,13-15H,11-12H2,1-4H3,(H2-,28,31,32,33,35)/p+2. The summed E-state index contributed by atoms with van der Waals surface area (Å²) in [6.45, 7) is 0.455. The lowest BCUT2D eigenvalue weighted by atomic mass is 9.89. The molecule has 0 fully saturated rings. The predicted molar refractivity (Wildman–Crippen MR) is 143 cm³/mol. The second-order valence-electron chi connectivity index (χ2n) is 8.69. The fraction of sp³-hybridized carbons (Fsp3) is 0.222. The van der Waals surface area contributed by atoms with Gasteiger partial charge >= 0.3 is 11.9 Å². The minimum Gasteiger partial charge on any atom is -0.478 e. The van der Waals surface area contributed by atoms with Gasteiger partial charge in [-0.05, 0) is 35.9 Å². The van der Waals surface area contributed by atoms with Gasteiger partial charge in [0, 0.05) is 54.2 Å². The molecule has 3 N–H and O–H groups in total. The number of hydrogen-bond donors (Lipinski definition) is 4. The van der Waals surface area contributed by atoms with Crippen LogP contribution in [0.5, 0.6) is 0 Å². The molecule has 7 nitrogen and oxygen atoms in total. The predicted octanol–water partition coefficient (Wildman–Crippen LogP) is 2.32. The van der Waals surface area contributed by atoms with Crippen LogP contribution in [0.15, 0.2) is 59.0 Å². The van der Waals surface area contributed by atoms with Crippen LogP contribution in [-0.4, -0.2) is 62.6 Å². The Hall–Kier alpha value is -3.78. The van der Waals surface area contributed by atoms with E-state index in [-0.39, 0.29) is 11.5 Å². The molecule has 0 unspecified atom stereocenters. The number of carboxylic acids is 1. The summed E-state index contributed by atoms with van der Waals surface area (Å²) in [5.74, 6) is 0.0151. The largest absolute Gasteiger partial charge is 0.478 e. The normalized spacial score (nSPS) is 11.7. The fourth-order valence-corrected chi connectivity index (χ4v) is 4.19. The first-order valence-electron chi connectivity index (χ1n) is 11.2. The molecule has 4 rings (SSSR count). The molecule has 0 saturated carbocycles. The summed E-state index contributed by atoms with van der Waals surface area (Å²) in [6.07, 6.45) is 0. The maximum Gasteiger partial charge on any atom is 0.365 e. The second-order valence-corrected chi connectivity index (χ2v) is 9.14. The molecule has 35 heavy (non-hydrogen) atoms. The van der Waals surface area contributed by atoms with E-state index in [2.05, 4.69) is 17.6 Å². The fourth-order valence-electron chi connectivity index (χ4n) is 4.08. The molecule has 2 aliphatic rings. The molecule has 2 aromatic carbocycles. The molecular formula is C27H29N3O4S+2. The number of carbonyl (C=O) groups is 1. The summed E-state index contributed by atoms with van der Waals surface area (Å²) < 4.78 is 8.32. The smallest absolute Gasteiger partial charge is 0.365 e. The van der Waals surface area contributed by atoms with E-state index in [0.717, 1.165) is 27.6 Å². The average molecular weight is 492 g/mol. The number of nitrogens with zero attached hydrogens (tertiary/aromatic N) is 2. The molecule has 0 atom stereocenters. The number of anilines is 1. The Morgan fingerprint density at radius 1 is 1.03 bits per heavy atom. The number of benzene rings is 3. The molecule has 0 saturated heterocycles. The van der Waals surface area contributed by atoms with Crippen LogP contribution in [0.1, 0.15) is 15.9 Å². The summed E-state index contributed by atoms with van der Waals surface area (Å²) in [6, 6.07) is 16.7. The molecular weight excluding hydrogens is 462 g/mol. The molecule has 8 heteroatoms. The third-order valence-electron chi connectivity index (χ3n) is 5.92. The molecule has 0 spiro atoms. The molecule has 0 bridgehead atoms. The lowest BCUT2D eigenvalue weighted by molar-refractivity contribution is -0.459. The van der Waals surface area contributed by atoms with Crippen LogP contribution >= 0.6 is 12.6 Å². The molecule has 1 aliphatic heterocycles. The first-order valence-corrected chi connectivity index (χ1v) is 11.8. The van der Waals surface area contributed by atoms with Gasteiger partial charge in [0.1, 0.15) is 25.4 Å². The van der Waals surface area contributed by atoms with E-state index in [0.29, 0.717) is 34.8 Å². The summed E-state index contributed by atoms with van der Waals surface area (Å²) in [7, 11) is 7.83. The second kappa shape index (κ2) is 9.84. The van der Waals surface area contributed by atoms with Crippen LogP contribution in [0.25, 0.3) is 33.4 Å². The molecule has 0 aromatic heterocycles. The number of hydrogen-bond acceptors (Lipinski definition) is 4. The molecule has 0 amide bonds. The highest BCUT2D eigenvalue weighted by Crippen LogP contribution is 2.42. The van der Waals surface area contributed by atoms with Crippen LogP contribution in [-0.2, 0) is 0 Å². The van der Waals surface area contributed by atoms with Crippen LogP contribution in [0.4, 0.5) is 5.69 Å². The van der Waals surface area contributed by atoms with E-state index in [4.69, 9.17) is 4.42 Å². The van der Waals surface area contributed by atoms with E-state index < -0.39 is 5.97 Å². The molecule has 180 valence electrons. The van der Waals surface area contributed by atoms with Gasteiger partial charge in [0.2, 0.25) is 5.36 Å². The molecule has 0 radical (unpaired) electrons. The van der Waals surface area contributed by atoms with Crippen molar-refractivity contribution < 1.29 is 24.4 Å². The van der Waals surface area contributed by atoms with E-state index in [1.807, 2.05) is 74.1 Å². The molecule has 1 heterocycles. The van der Waals surface area contributed by atoms with Crippen molar-refractivity contribution >= 4 is 41.2 Å². The maximum absolute atomic E-state index is 12.4. The van der Waals surface area contributed by atoms with Crippen molar-refractivity contribution in [2.45, 2.75) is 0 Å². The maximum atomic E-state index is 12.4. The van der Waals surface area contributed by atoms with Gasteiger partial charge in [0.05, 0.1) is 17.2 Å². The third kappa shape index (κ3) is 4.74. The van der Waals surface area contributed by atoms with E-state index in [1.54, 1.807) is 12.1 Å². The van der Waals surface area contributed by atoms with Crippen molar-refractivity contribution in [3.05, 3.63) is 71.1 Å². The summed E-state index contributed by atoms with van der Waals surface area (Å²) in [5.41, 5.74) is 4.22. The van der Waals surface area contributed by atoms with Crippen LogP contribution in [0.2, 0.25) is 0 Å². The van der Waals surface area contributed by atoms with Crippen molar-refractivity contribution in [3.8, 4) is 22.5 Å². The summed E-state index contributed by atoms with van der Waals surface area (Å²) >= 11 is 4.14. The number of thiol groups is 1. The number of aliphatic hydroxyl groups excluding tert-OH is 1. The van der Waals surface area contributed by atoms with Crippen molar-refractivity contribution in [1.29, 1.82) is 0 Å². The Kier molecular flexibility index (Phi) is 6.84. The number of carboxylic acid groups (broad SMARTS) is 1. The topological polar surface area (TPSA) is 90.9 Å². The van der Waals surface area contributed by atoms with Gasteiger partial charge in [-0.15, -0.1) is 0 Å². The van der Waals surface area contributed by atoms with Gasteiger partial charge in [-0.3, -0.25) is 0 Å². The quantitative estimate of drug-likeness (QED) is 0.109. The Balaban J connectivity index is 2.09. The van der Waals surface area contributed by atoms with E-state index in [9.17, 15) is 15.0 Å². The van der Waals surface area contributed by atoms with Crippen LogP contribution in [0.3, 0.4) is 0 Å². The van der Waals surface area contributed by atoms with Crippen molar-refractivity contribution in [1.82, 2.24) is 4.58 Å². The number of aromatic carboxylic acids is 1. The number of aliphatic hydroxyl groups is 1. The van der Waals surface area contributed by atoms with Gasteiger partial charge in [0.15, 0.2) is 6.54 Å². The Morgan fingerprint density at radius 2 is 1.77 bits per heavy atom. The van der Waals surface area contributed by atoms with Crippen molar-refractivity contribution in [2.24, 2.45) is 0 Å². The average Bonchev–Trinajstić information content (AvgIpc) is 2.84. The number of nitrogens with one attached hydrogen (secondary N) is 1. The Bertz CT molecular complexity index is 1500. The lowest BCUT2D eigenvalue weighted by Gasteiger charge is -2.19. The lowest BCUT2D eigenvalue weighted by Crippen LogP contribution is -2.74. The van der Waals surface area contributed by atoms with Gasteiger partial charge in [0.25, 0.3) is 0 Å². The first-order chi connectivity index (χ1) is 16.7. The Labute approximate surface area is 209 Å². The SMILES string of the molecule is CN(C)c1ccc2c(-c3ccc(C(O)=[NH+]CCS)cc3C(=O)O)c3ccc(=[N+](C)C)cc-3oc2c1. The van der Waals surface area contributed by atoms with Gasteiger partial charge in [-0.2, -0.15) is 12.6 Å². The molecule has 1 aliphatic carbocycles. The zero-order valence-electron chi connectivity index (χ0n) is 20.2. The zero-order valence-corrected chi connectivity index (χ0v) is 21.1. The number of fused-ring (bicyclic) bond motifs is 2. The van der Waals surface area contributed by atoms with Gasteiger partial charge in [-0.25, -0.2) is 14.4 Å². The Morgan fingerprint density at radius 3 is 2.43 bits per heavy atom. The zero-order chi connectivity index (χ0) is 25.3. The summed E-state index contributed by atoms with van der Waals surface area (Å²) in [5, 5.41) is 22.3. The highest BCUT2D eigenvalue weighted by atomic mass is 32.1. The monoisotopic (exact) mass is 491 g/mol. The van der Waals surface area contributed by atoms with Crippen LogP contribution < -0.4 is 19.8 Å². The van der Waals surface area contributed by atoms with Crippen LogP contribution in [0, 0.1) is 0 Å². The highest BCUT2D eigenvalue weighted by Gasteiger charge is 2.24. The minimum atomic E-state index is -1.08. The van der Waals surface area contributed by atoms with Crippen molar-refractivity contribution in [2.75, 3.05) is 45.4 Å². The van der Waals surface area contributed by atoms with Gasteiger partial charge in [-0.1, -0.05) is 6.07 Å². The minimum absolute atomic E-state index is 0.0860. The third-order valence-corrected chi connectivity index (χ3v) is 6.14. The number of rotatable bonds is 6. The first kappa shape index (κ1) is 24.3. The summed E-state index contributed by atoms with van der Waals surface area (Å²) in [4.78, 5) is 17.2. The van der Waals surface area contributed by atoms with Crippen molar-refractivity contribution in [3.63, 3.8) is 0 Å². The van der Waals surface area contributed by atoms with E-state index in [1.165, 1.54) is 6.07 Å². The van der Waals surface area contributed by atoms with E-state index >= 15 is 0 Å². The highest BCUT2D eigenvalue weighted by molar-refractivity contribution is 7.80. The molecule has 2 aromatic rings.